The van der Waals surface area contributed by atoms with Gasteiger partial charge in [0, 0.05) is 26.2 Å². The van der Waals surface area contributed by atoms with Crippen LogP contribution in [-0.4, -0.2) is 66.8 Å². The first-order chi connectivity index (χ1) is 15.5. The van der Waals surface area contributed by atoms with E-state index in [-0.39, 0.29) is 47.7 Å². The Morgan fingerprint density at radius 1 is 1.12 bits per heavy atom. The first-order valence-electron chi connectivity index (χ1n) is 10.8. The molecule has 9 nitrogen and oxygen atoms in total. The highest BCUT2D eigenvalue weighted by molar-refractivity contribution is 7.89. The Bertz CT molecular complexity index is 1110. The summed E-state index contributed by atoms with van der Waals surface area (Å²) in [5.41, 5.74) is 0.156. The van der Waals surface area contributed by atoms with Gasteiger partial charge in [0.15, 0.2) is 5.76 Å². The van der Waals surface area contributed by atoms with Gasteiger partial charge in [-0.25, -0.2) is 12.8 Å². The zero-order chi connectivity index (χ0) is 24.3. The molecule has 33 heavy (non-hydrogen) atoms. The minimum atomic E-state index is -3.82. The Balaban J connectivity index is 1.73. The Hall–Kier alpha value is -2.79. The fraction of sp³-hybridized carbons (Fsp3) is 0.500. The lowest BCUT2D eigenvalue weighted by molar-refractivity contribution is -0.134. The molecule has 11 heteroatoms. The van der Waals surface area contributed by atoms with Crippen LogP contribution < -0.4 is 5.32 Å². The Labute approximate surface area is 193 Å². The third-order valence-corrected chi connectivity index (χ3v) is 7.81. The summed E-state index contributed by atoms with van der Waals surface area (Å²) in [6.45, 7) is 7.54. The largest absolute Gasteiger partial charge is 0.360 e. The average Bonchev–Trinajstić information content (AvgIpc) is 2.95. The number of rotatable bonds is 6. The predicted molar refractivity (Wildman–Crippen MR) is 118 cm³/mol. The smallest absolute Gasteiger partial charge is 0.254 e. The molecule has 0 saturated carbocycles. The highest BCUT2D eigenvalue weighted by atomic mass is 32.2. The van der Waals surface area contributed by atoms with Gasteiger partial charge in [-0.1, -0.05) is 31.1 Å². The zero-order valence-electron chi connectivity index (χ0n) is 19.2. The molecule has 1 aromatic heterocycles. The van der Waals surface area contributed by atoms with Crippen molar-refractivity contribution in [1.82, 2.24) is 19.7 Å². The van der Waals surface area contributed by atoms with Crippen LogP contribution in [0.2, 0.25) is 0 Å². The third kappa shape index (κ3) is 5.25. The number of amides is 2. The maximum absolute atomic E-state index is 14.0. The molecule has 0 unspecified atom stereocenters. The van der Waals surface area contributed by atoms with Crippen molar-refractivity contribution in [3.63, 3.8) is 0 Å². The monoisotopic (exact) mass is 480 g/mol. The van der Waals surface area contributed by atoms with Gasteiger partial charge in [0.05, 0.1) is 5.56 Å². The van der Waals surface area contributed by atoms with E-state index in [0.29, 0.717) is 18.7 Å². The molecule has 1 aromatic carbocycles. The van der Waals surface area contributed by atoms with Crippen LogP contribution >= 0.6 is 0 Å². The van der Waals surface area contributed by atoms with Crippen LogP contribution in [0.1, 0.15) is 42.1 Å². The van der Waals surface area contributed by atoms with E-state index in [4.69, 9.17) is 4.52 Å². The average molecular weight is 481 g/mol. The number of aromatic nitrogens is 1. The van der Waals surface area contributed by atoms with Crippen molar-refractivity contribution in [3.05, 3.63) is 47.1 Å². The van der Waals surface area contributed by atoms with E-state index >= 15 is 0 Å². The molecule has 0 bridgehead atoms. The fourth-order valence-corrected chi connectivity index (χ4v) is 5.66. The minimum absolute atomic E-state index is 0.0551. The molecule has 1 fully saturated rings. The number of nitrogens with zero attached hydrogens (tertiary/aromatic N) is 3. The maximum Gasteiger partial charge on any atom is 0.254 e. The zero-order valence-corrected chi connectivity index (χ0v) is 20.0. The lowest BCUT2D eigenvalue weighted by Crippen LogP contribution is -2.52. The van der Waals surface area contributed by atoms with Crippen LogP contribution in [0.3, 0.4) is 0 Å². The Morgan fingerprint density at radius 3 is 2.42 bits per heavy atom. The lowest BCUT2D eigenvalue weighted by atomic mass is 10.0. The molecule has 180 valence electrons. The molecule has 2 amide bonds. The van der Waals surface area contributed by atoms with Crippen molar-refractivity contribution in [3.8, 4) is 0 Å². The molecule has 1 atom stereocenters. The maximum atomic E-state index is 14.0. The van der Waals surface area contributed by atoms with Gasteiger partial charge in [-0.3, -0.25) is 9.59 Å². The molecule has 0 spiro atoms. The molecule has 3 rings (SSSR count). The van der Waals surface area contributed by atoms with E-state index in [2.05, 4.69) is 10.5 Å². The predicted octanol–water partition coefficient (Wildman–Crippen LogP) is 2.11. The van der Waals surface area contributed by atoms with Gasteiger partial charge in [-0.05, 0) is 38.3 Å². The summed E-state index contributed by atoms with van der Waals surface area (Å²) in [7, 11) is -3.82. The molecular formula is C22H29FN4O5S. The summed E-state index contributed by atoms with van der Waals surface area (Å²) in [6.07, 6.45) is 0.431. The highest BCUT2D eigenvalue weighted by Crippen LogP contribution is 2.24. The van der Waals surface area contributed by atoms with E-state index in [1.807, 2.05) is 0 Å². The van der Waals surface area contributed by atoms with Crippen molar-refractivity contribution in [2.45, 2.75) is 45.1 Å². The van der Waals surface area contributed by atoms with Gasteiger partial charge in [-0.15, -0.1) is 0 Å². The van der Waals surface area contributed by atoms with Gasteiger partial charge in [-0.2, -0.15) is 4.31 Å². The minimum Gasteiger partial charge on any atom is -0.360 e. The molecule has 1 N–H and O–H groups in total. The van der Waals surface area contributed by atoms with Crippen molar-refractivity contribution in [1.29, 1.82) is 0 Å². The number of benzene rings is 1. The number of aryl methyl sites for hydroxylation is 2. The fourth-order valence-electron chi connectivity index (χ4n) is 3.90. The van der Waals surface area contributed by atoms with Crippen LogP contribution in [0, 0.1) is 25.6 Å². The van der Waals surface area contributed by atoms with Gasteiger partial charge in [0.1, 0.15) is 22.4 Å². The van der Waals surface area contributed by atoms with E-state index in [1.165, 1.54) is 22.5 Å². The second kappa shape index (κ2) is 10.0. The highest BCUT2D eigenvalue weighted by Gasteiger charge is 2.35. The molecule has 2 heterocycles. The molecule has 1 aliphatic heterocycles. The van der Waals surface area contributed by atoms with Crippen molar-refractivity contribution < 1.29 is 26.9 Å². The summed E-state index contributed by atoms with van der Waals surface area (Å²) in [5.74, 6) is -1.69. The number of carbonyl (C=O) groups is 2. The summed E-state index contributed by atoms with van der Waals surface area (Å²) in [6, 6.07) is 4.70. The van der Waals surface area contributed by atoms with Gasteiger partial charge in [0.2, 0.25) is 15.9 Å². The normalized spacial score (nSPS) is 16.5. The topological polar surface area (TPSA) is 113 Å². The molecule has 1 aliphatic rings. The quantitative estimate of drug-likeness (QED) is 0.678. The van der Waals surface area contributed by atoms with Crippen LogP contribution in [0.25, 0.3) is 0 Å². The molecule has 1 saturated heterocycles. The molecule has 2 aromatic rings. The lowest BCUT2D eigenvalue weighted by Gasteiger charge is -2.29. The van der Waals surface area contributed by atoms with Crippen molar-refractivity contribution in [2.75, 3.05) is 26.2 Å². The van der Waals surface area contributed by atoms with Crippen molar-refractivity contribution in [2.24, 2.45) is 5.92 Å². The van der Waals surface area contributed by atoms with Gasteiger partial charge >= 0.3 is 0 Å². The number of carbonyl (C=O) groups excluding carboxylic acids is 2. The molecule has 0 aliphatic carbocycles. The van der Waals surface area contributed by atoms with Crippen LogP contribution in [0.15, 0.2) is 33.7 Å². The second-order valence-electron chi connectivity index (χ2n) is 8.41. The standard InChI is InChI=1S/C22H29FN4O5S/c1-14(2)19(24-21(28)17-8-5-6-9-18(17)23)22(29)26-10-7-11-27(13-12-26)33(30,31)20-15(3)25-32-16(20)4/h5-6,8-9,14,19H,7,10-13H2,1-4H3,(H,24,28)/t19-/m0/s1. The number of sulfonamides is 1. The Morgan fingerprint density at radius 2 is 1.82 bits per heavy atom. The van der Waals surface area contributed by atoms with Crippen LogP contribution in [-0.2, 0) is 14.8 Å². The number of hydrogen-bond donors (Lipinski definition) is 1. The summed E-state index contributed by atoms with van der Waals surface area (Å²) < 4.78 is 46.6. The summed E-state index contributed by atoms with van der Waals surface area (Å²) in [5, 5.41) is 6.38. The van der Waals surface area contributed by atoms with E-state index in [9.17, 15) is 22.4 Å². The number of nitrogens with one attached hydrogen (secondary N) is 1. The first-order valence-corrected chi connectivity index (χ1v) is 12.2. The summed E-state index contributed by atoms with van der Waals surface area (Å²) >= 11 is 0. The SMILES string of the molecule is Cc1noc(C)c1S(=O)(=O)N1CCCN(C(=O)[C@@H](NC(=O)c2ccccc2F)C(C)C)CC1. The van der Waals surface area contributed by atoms with E-state index in [1.54, 1.807) is 38.7 Å². The number of hydrogen-bond acceptors (Lipinski definition) is 6. The van der Waals surface area contributed by atoms with Crippen molar-refractivity contribution >= 4 is 21.8 Å². The first kappa shape index (κ1) is 24.8. The molecule has 0 radical (unpaired) electrons. The van der Waals surface area contributed by atoms with Crippen LogP contribution in [0.4, 0.5) is 4.39 Å². The number of halogens is 1. The second-order valence-corrected chi connectivity index (χ2v) is 10.3. The summed E-state index contributed by atoms with van der Waals surface area (Å²) in [4.78, 5) is 27.5. The Kier molecular flexibility index (Phi) is 7.53. The van der Waals surface area contributed by atoms with Gasteiger partial charge < -0.3 is 14.7 Å². The van der Waals surface area contributed by atoms with E-state index < -0.39 is 27.8 Å². The van der Waals surface area contributed by atoms with Crippen LogP contribution in [0.5, 0.6) is 0 Å². The van der Waals surface area contributed by atoms with E-state index in [0.717, 1.165) is 0 Å². The van der Waals surface area contributed by atoms with Gasteiger partial charge in [0.25, 0.3) is 5.91 Å². The third-order valence-electron chi connectivity index (χ3n) is 5.67. The molecular weight excluding hydrogens is 451 g/mol.